The molecule has 0 spiro atoms. The second-order valence-corrected chi connectivity index (χ2v) is 8.21. The van der Waals surface area contributed by atoms with Gasteiger partial charge in [0.15, 0.2) is 0 Å². The van der Waals surface area contributed by atoms with Crippen molar-refractivity contribution in [3.05, 3.63) is 68.1 Å². The van der Waals surface area contributed by atoms with Crippen LogP contribution in [0.25, 0.3) is 5.57 Å². The largest absolute Gasteiger partial charge is 0.443 e. The molecule has 0 saturated carbocycles. The summed E-state index contributed by atoms with van der Waals surface area (Å²) < 4.78 is 5.41. The predicted octanol–water partition coefficient (Wildman–Crippen LogP) is 4.73. The van der Waals surface area contributed by atoms with Crippen LogP contribution in [0.5, 0.6) is 0 Å². The number of nitro benzene ring substituents is 1. The van der Waals surface area contributed by atoms with Crippen molar-refractivity contribution in [3.63, 3.8) is 0 Å². The molecule has 0 aliphatic carbocycles. The van der Waals surface area contributed by atoms with Crippen LogP contribution in [0.15, 0.2) is 52.4 Å². The van der Waals surface area contributed by atoms with Gasteiger partial charge < -0.3 is 4.74 Å². The van der Waals surface area contributed by atoms with Crippen molar-refractivity contribution in [1.82, 2.24) is 4.90 Å². The van der Waals surface area contributed by atoms with Gasteiger partial charge in [-0.2, -0.15) is 10.5 Å². The van der Waals surface area contributed by atoms with E-state index in [2.05, 4.69) is 6.58 Å². The zero-order chi connectivity index (χ0) is 21.8. The number of nitrogens with zero attached hydrogens (tertiary/aromatic N) is 4. The van der Waals surface area contributed by atoms with Crippen LogP contribution < -0.4 is 0 Å². The van der Waals surface area contributed by atoms with E-state index in [1.54, 1.807) is 20.8 Å². The summed E-state index contributed by atoms with van der Waals surface area (Å²) in [6.07, 6.45) is 0.948. The number of allylic oxidation sites excluding steroid dienone is 3. The fourth-order valence-electron chi connectivity index (χ4n) is 2.40. The molecule has 1 saturated heterocycles. The van der Waals surface area contributed by atoms with Gasteiger partial charge in [0, 0.05) is 22.6 Å². The standard InChI is InChI=1S/C20H18N4O4S/c1-13-12-23(19(25)28-20(2,3)4)18(29-13)9-17(15(10-21)11-22)14-5-7-16(8-6-14)24(26)27/h5-9H,1,12H2,2-4H3/b18-9+. The average molecular weight is 410 g/mol. The highest BCUT2D eigenvalue weighted by molar-refractivity contribution is 8.07. The summed E-state index contributed by atoms with van der Waals surface area (Å²) >= 11 is 1.23. The Morgan fingerprint density at radius 3 is 2.38 bits per heavy atom. The Morgan fingerprint density at radius 2 is 1.90 bits per heavy atom. The van der Waals surface area contributed by atoms with E-state index in [0.29, 0.717) is 15.5 Å². The van der Waals surface area contributed by atoms with Gasteiger partial charge in [-0.15, -0.1) is 0 Å². The van der Waals surface area contributed by atoms with Crippen molar-refractivity contribution in [1.29, 1.82) is 10.5 Å². The highest BCUT2D eigenvalue weighted by Crippen LogP contribution is 2.39. The summed E-state index contributed by atoms with van der Waals surface area (Å²) in [5, 5.41) is 30.0. The maximum atomic E-state index is 12.6. The molecule has 148 valence electrons. The van der Waals surface area contributed by atoms with Gasteiger partial charge in [-0.25, -0.2) is 4.79 Å². The first-order valence-electron chi connectivity index (χ1n) is 8.43. The molecule has 1 aliphatic rings. The molecule has 1 fully saturated rings. The van der Waals surface area contributed by atoms with Crippen LogP contribution >= 0.6 is 11.8 Å². The summed E-state index contributed by atoms with van der Waals surface area (Å²) in [7, 11) is 0. The molecule has 1 aliphatic heterocycles. The summed E-state index contributed by atoms with van der Waals surface area (Å²) in [6.45, 7) is 9.35. The summed E-state index contributed by atoms with van der Waals surface area (Å²) in [5.41, 5.74) is -0.318. The normalized spacial score (nSPS) is 14.9. The SMILES string of the molecule is C=C1CN(C(=O)OC(C)(C)C)/C(=C\C(=C(C#N)C#N)c2ccc([N+](=O)[O-])cc2)S1. The van der Waals surface area contributed by atoms with E-state index in [1.807, 2.05) is 12.1 Å². The maximum Gasteiger partial charge on any atom is 0.415 e. The Balaban J connectivity index is 2.53. The molecule has 2 rings (SSSR count). The second-order valence-electron chi connectivity index (χ2n) is 7.01. The van der Waals surface area contributed by atoms with E-state index in [0.717, 1.165) is 0 Å². The number of nitriles is 2. The van der Waals surface area contributed by atoms with Crippen molar-refractivity contribution in [2.75, 3.05) is 6.54 Å². The quantitative estimate of drug-likeness (QED) is 0.401. The molecule has 0 atom stereocenters. The molecule has 8 nitrogen and oxygen atoms in total. The monoisotopic (exact) mass is 410 g/mol. The summed E-state index contributed by atoms with van der Waals surface area (Å²) in [5.74, 6) is 0. The van der Waals surface area contributed by atoms with Crippen LogP contribution in [0.3, 0.4) is 0 Å². The number of benzene rings is 1. The second kappa shape index (κ2) is 8.63. The molecule has 1 aromatic carbocycles. The molecule has 1 aromatic rings. The molecule has 1 heterocycles. The Labute approximate surface area is 172 Å². The number of nitro groups is 1. The van der Waals surface area contributed by atoms with Gasteiger partial charge in [-0.1, -0.05) is 18.3 Å². The van der Waals surface area contributed by atoms with Gasteiger partial charge in [0.25, 0.3) is 5.69 Å². The van der Waals surface area contributed by atoms with Crippen LogP contribution in [-0.4, -0.2) is 28.1 Å². The fraction of sp³-hybridized carbons (Fsp3) is 0.250. The zero-order valence-electron chi connectivity index (χ0n) is 16.1. The number of ether oxygens (including phenoxy) is 1. The minimum atomic E-state index is -0.696. The van der Waals surface area contributed by atoms with Crippen molar-refractivity contribution in [3.8, 4) is 12.1 Å². The van der Waals surface area contributed by atoms with Crippen LogP contribution in [0, 0.1) is 32.8 Å². The highest BCUT2D eigenvalue weighted by atomic mass is 32.2. The van der Waals surface area contributed by atoms with Crippen LogP contribution in [0.4, 0.5) is 10.5 Å². The van der Waals surface area contributed by atoms with Crippen LogP contribution in [0.2, 0.25) is 0 Å². The number of hydrogen-bond donors (Lipinski definition) is 0. The molecule has 9 heteroatoms. The molecule has 29 heavy (non-hydrogen) atoms. The Kier molecular flexibility index (Phi) is 6.47. The zero-order valence-corrected chi connectivity index (χ0v) is 16.9. The molecule has 0 bridgehead atoms. The number of thioether (sulfide) groups is 1. The smallest absolute Gasteiger partial charge is 0.415 e. The Hall–Kier alpha value is -3.56. The van der Waals surface area contributed by atoms with E-state index >= 15 is 0 Å². The lowest BCUT2D eigenvalue weighted by molar-refractivity contribution is -0.384. The molecule has 0 radical (unpaired) electrons. The maximum absolute atomic E-state index is 12.6. The molecular weight excluding hydrogens is 392 g/mol. The van der Waals surface area contributed by atoms with Gasteiger partial charge in [0.2, 0.25) is 0 Å². The third kappa shape index (κ3) is 5.47. The fourth-order valence-corrected chi connectivity index (χ4v) is 3.32. The molecular formula is C20H18N4O4S. The van der Waals surface area contributed by atoms with Crippen molar-refractivity contribution >= 4 is 29.1 Å². The van der Waals surface area contributed by atoms with E-state index < -0.39 is 16.6 Å². The first-order valence-corrected chi connectivity index (χ1v) is 9.24. The minimum absolute atomic E-state index is 0.116. The van der Waals surface area contributed by atoms with Crippen molar-refractivity contribution in [2.45, 2.75) is 26.4 Å². The third-order valence-corrected chi connectivity index (χ3v) is 4.58. The lowest BCUT2D eigenvalue weighted by atomic mass is 10.0. The topological polar surface area (TPSA) is 120 Å². The van der Waals surface area contributed by atoms with Crippen LogP contribution in [-0.2, 0) is 4.74 Å². The first kappa shape index (κ1) is 21.7. The Morgan fingerprint density at radius 1 is 1.31 bits per heavy atom. The first-order chi connectivity index (χ1) is 13.6. The minimum Gasteiger partial charge on any atom is -0.443 e. The van der Waals surface area contributed by atoms with Gasteiger partial charge in [0.1, 0.15) is 23.3 Å². The lowest BCUT2D eigenvalue weighted by Gasteiger charge is -2.24. The molecule has 0 N–H and O–H groups in total. The number of rotatable bonds is 3. The summed E-state index contributed by atoms with van der Waals surface area (Å²) in [6, 6.07) is 9.13. The van der Waals surface area contributed by atoms with Gasteiger partial charge >= 0.3 is 6.09 Å². The van der Waals surface area contributed by atoms with Crippen LogP contribution in [0.1, 0.15) is 26.3 Å². The van der Waals surface area contributed by atoms with E-state index in [4.69, 9.17) is 4.74 Å². The van der Waals surface area contributed by atoms with Gasteiger partial charge in [-0.05, 0) is 44.5 Å². The highest BCUT2D eigenvalue weighted by Gasteiger charge is 2.31. The van der Waals surface area contributed by atoms with Crippen molar-refractivity contribution < 1.29 is 14.5 Å². The average Bonchev–Trinajstić information content (AvgIpc) is 3.01. The molecule has 0 unspecified atom stereocenters. The number of carbonyl (C=O) groups is 1. The Bertz CT molecular complexity index is 989. The predicted molar refractivity (Wildman–Crippen MR) is 109 cm³/mol. The van der Waals surface area contributed by atoms with E-state index in [9.17, 15) is 25.4 Å². The number of hydrogen-bond acceptors (Lipinski definition) is 7. The van der Waals surface area contributed by atoms with Gasteiger partial charge in [0.05, 0.1) is 16.5 Å². The molecule has 1 amide bonds. The lowest BCUT2D eigenvalue weighted by Crippen LogP contribution is -2.34. The van der Waals surface area contributed by atoms with E-state index in [1.165, 1.54) is 47.0 Å². The number of non-ortho nitro benzene ring substituents is 1. The molecule has 0 aromatic heterocycles. The number of amides is 1. The summed E-state index contributed by atoms with van der Waals surface area (Å²) in [4.78, 5) is 25.0. The van der Waals surface area contributed by atoms with E-state index in [-0.39, 0.29) is 23.4 Å². The van der Waals surface area contributed by atoms with Gasteiger partial charge in [-0.3, -0.25) is 15.0 Å². The third-order valence-electron chi connectivity index (χ3n) is 3.61. The number of carbonyl (C=O) groups excluding carboxylic acids is 1. The van der Waals surface area contributed by atoms with Crippen molar-refractivity contribution in [2.24, 2.45) is 0 Å².